The minimum atomic E-state index is -1.04. The Bertz CT molecular complexity index is 1240. The maximum Gasteiger partial charge on any atom is 0.306 e. The molecule has 6 heteroatoms. The van der Waals surface area contributed by atoms with Crippen molar-refractivity contribution in [2.75, 3.05) is 19.1 Å². The molecule has 0 aromatic heterocycles. The molecule has 3 aromatic rings. The number of benzene rings is 3. The van der Waals surface area contributed by atoms with Crippen molar-refractivity contribution in [3.05, 3.63) is 89.5 Å². The second-order valence-electron chi connectivity index (χ2n) is 9.41. The summed E-state index contributed by atoms with van der Waals surface area (Å²) >= 11 is 0. The van der Waals surface area contributed by atoms with Crippen LogP contribution >= 0.6 is 0 Å². The first-order valence-electron chi connectivity index (χ1n) is 11.6. The molecule has 1 aliphatic heterocycles. The van der Waals surface area contributed by atoms with Gasteiger partial charge in [-0.3, -0.25) is 14.5 Å². The van der Waals surface area contributed by atoms with E-state index in [0.29, 0.717) is 18.0 Å². The second kappa shape index (κ2) is 9.55. The summed E-state index contributed by atoms with van der Waals surface area (Å²) in [4.78, 5) is 27.9. The van der Waals surface area contributed by atoms with Crippen molar-refractivity contribution in [2.45, 2.75) is 44.8 Å². The van der Waals surface area contributed by atoms with E-state index in [-0.39, 0.29) is 12.3 Å². The average Bonchev–Trinajstić information content (AvgIpc) is 3.09. The topological polar surface area (TPSA) is 65.1 Å². The van der Waals surface area contributed by atoms with Crippen molar-refractivity contribution in [3.8, 4) is 5.75 Å². The molecular weight excluding hydrogens is 442 g/mol. The molecule has 0 radical (unpaired) electrons. The summed E-state index contributed by atoms with van der Waals surface area (Å²) in [5.74, 6) is 0.0600. The van der Waals surface area contributed by atoms with Gasteiger partial charge >= 0.3 is 5.97 Å². The maximum atomic E-state index is 13.9. The van der Waals surface area contributed by atoms with Crippen LogP contribution < -0.4 is 9.64 Å². The van der Waals surface area contributed by atoms with Gasteiger partial charge in [0.15, 0.2) is 0 Å². The molecule has 0 unspecified atom stereocenters. The molecule has 1 atom stereocenters. The number of hydrogen-bond acceptors (Lipinski definition) is 5. The monoisotopic (exact) mass is 473 g/mol. The Morgan fingerprint density at radius 1 is 0.943 bits per heavy atom. The van der Waals surface area contributed by atoms with E-state index in [4.69, 9.17) is 14.2 Å². The lowest BCUT2D eigenvalue weighted by Crippen LogP contribution is -2.38. The Hall–Kier alpha value is -3.64. The number of nitrogens with zero attached hydrogens (tertiary/aromatic N) is 1. The van der Waals surface area contributed by atoms with Gasteiger partial charge in [-0.2, -0.15) is 0 Å². The smallest absolute Gasteiger partial charge is 0.306 e. The van der Waals surface area contributed by atoms with Crippen molar-refractivity contribution < 1.29 is 23.8 Å². The van der Waals surface area contributed by atoms with E-state index in [9.17, 15) is 9.59 Å². The van der Waals surface area contributed by atoms with E-state index < -0.39 is 17.0 Å². The van der Waals surface area contributed by atoms with E-state index in [2.05, 4.69) is 0 Å². The molecule has 0 spiro atoms. The maximum absolute atomic E-state index is 13.9. The summed E-state index contributed by atoms with van der Waals surface area (Å²) in [5.41, 5.74) is 2.34. The lowest BCUT2D eigenvalue weighted by atomic mass is 9.80. The Morgan fingerprint density at radius 3 is 2.31 bits per heavy atom. The van der Waals surface area contributed by atoms with Gasteiger partial charge in [-0.15, -0.1) is 0 Å². The molecule has 35 heavy (non-hydrogen) atoms. The molecule has 1 aliphatic rings. The van der Waals surface area contributed by atoms with Crippen LogP contribution in [0.5, 0.6) is 5.75 Å². The number of fused-ring (bicyclic) bond motifs is 1. The minimum Gasteiger partial charge on any atom is -0.489 e. The van der Waals surface area contributed by atoms with Crippen LogP contribution in [0.3, 0.4) is 0 Å². The molecular formula is C29H31NO5. The number of anilines is 2. The summed E-state index contributed by atoms with van der Waals surface area (Å²) in [6.45, 7) is 6.12. The molecule has 1 amide bonds. The molecule has 6 nitrogen and oxygen atoms in total. The standard InChI is InChI=1S/C29H31NO5/c1-28(2,34-5)23-17-21(35-19-20-11-7-6-8-12-20)15-16-25(23)30-24-14-10-9-13-22(24)29(3,27(30)32)18-26(31)33-4/h6-17H,18-19H2,1-5H3/t29-/m1/s1. The van der Waals surface area contributed by atoms with Gasteiger partial charge in [-0.05, 0) is 56.2 Å². The number of ether oxygens (including phenoxy) is 3. The van der Waals surface area contributed by atoms with Crippen molar-refractivity contribution >= 4 is 23.3 Å². The van der Waals surface area contributed by atoms with Crippen LogP contribution in [-0.2, 0) is 36.7 Å². The molecule has 3 aromatic carbocycles. The van der Waals surface area contributed by atoms with Gasteiger partial charge < -0.3 is 14.2 Å². The number of amides is 1. The molecule has 0 aliphatic carbocycles. The Morgan fingerprint density at radius 2 is 1.63 bits per heavy atom. The average molecular weight is 474 g/mol. The van der Waals surface area contributed by atoms with Crippen LogP contribution in [0.1, 0.15) is 43.9 Å². The van der Waals surface area contributed by atoms with Crippen LogP contribution in [0.4, 0.5) is 11.4 Å². The van der Waals surface area contributed by atoms with Crippen LogP contribution in [0, 0.1) is 0 Å². The molecule has 0 N–H and O–H groups in total. The summed E-state index contributed by atoms with van der Waals surface area (Å²) in [6.07, 6.45) is -0.0445. The lowest BCUT2D eigenvalue weighted by Gasteiger charge is -2.31. The fraction of sp³-hybridized carbons (Fsp3) is 0.310. The van der Waals surface area contributed by atoms with Crippen molar-refractivity contribution in [1.82, 2.24) is 0 Å². The lowest BCUT2D eigenvalue weighted by molar-refractivity contribution is -0.144. The Balaban J connectivity index is 1.78. The number of carbonyl (C=O) groups is 2. The number of rotatable bonds is 8. The fourth-order valence-electron chi connectivity index (χ4n) is 4.51. The number of methoxy groups -OCH3 is 2. The summed E-state index contributed by atoms with van der Waals surface area (Å²) in [7, 11) is 2.98. The molecule has 0 saturated heterocycles. The highest BCUT2D eigenvalue weighted by molar-refractivity contribution is 6.14. The molecule has 0 bridgehead atoms. The number of hydrogen-bond donors (Lipinski definition) is 0. The number of para-hydroxylation sites is 1. The molecule has 0 fully saturated rings. The van der Waals surface area contributed by atoms with Crippen molar-refractivity contribution in [1.29, 1.82) is 0 Å². The zero-order valence-corrected chi connectivity index (χ0v) is 20.8. The van der Waals surface area contributed by atoms with Gasteiger partial charge in [0, 0.05) is 12.7 Å². The van der Waals surface area contributed by atoms with Crippen LogP contribution in [-0.4, -0.2) is 26.1 Å². The van der Waals surface area contributed by atoms with Crippen LogP contribution in [0.2, 0.25) is 0 Å². The third-order valence-electron chi connectivity index (χ3n) is 6.76. The third kappa shape index (κ3) is 4.54. The molecule has 1 heterocycles. The number of carbonyl (C=O) groups excluding carboxylic acids is 2. The van der Waals surface area contributed by atoms with Crippen molar-refractivity contribution in [2.24, 2.45) is 0 Å². The first-order chi connectivity index (χ1) is 16.7. The fourth-order valence-corrected chi connectivity index (χ4v) is 4.51. The molecule has 4 rings (SSSR count). The zero-order valence-electron chi connectivity index (χ0n) is 20.8. The van der Waals surface area contributed by atoms with Crippen LogP contribution in [0.25, 0.3) is 0 Å². The molecule has 0 saturated carbocycles. The highest BCUT2D eigenvalue weighted by Crippen LogP contribution is 2.49. The van der Waals surface area contributed by atoms with E-state index in [1.54, 1.807) is 18.9 Å². The predicted molar refractivity (Wildman–Crippen MR) is 135 cm³/mol. The highest BCUT2D eigenvalue weighted by Gasteiger charge is 2.50. The quantitative estimate of drug-likeness (QED) is 0.396. The predicted octanol–water partition coefficient (Wildman–Crippen LogP) is 5.65. The second-order valence-corrected chi connectivity index (χ2v) is 9.41. The summed E-state index contributed by atoms with van der Waals surface area (Å²) in [5, 5.41) is 0. The van der Waals surface area contributed by atoms with E-state index in [1.165, 1.54) is 7.11 Å². The summed E-state index contributed by atoms with van der Waals surface area (Å²) in [6, 6.07) is 23.2. The Kier molecular flexibility index (Phi) is 6.68. The van der Waals surface area contributed by atoms with Crippen molar-refractivity contribution in [3.63, 3.8) is 0 Å². The van der Waals surface area contributed by atoms with Gasteiger partial charge in [0.2, 0.25) is 5.91 Å². The Labute approximate surface area is 206 Å². The third-order valence-corrected chi connectivity index (χ3v) is 6.76. The van der Waals surface area contributed by atoms with Gasteiger partial charge in [0.05, 0.1) is 35.9 Å². The number of esters is 1. The first kappa shape index (κ1) is 24.5. The van der Waals surface area contributed by atoms with Gasteiger partial charge in [0.1, 0.15) is 12.4 Å². The highest BCUT2D eigenvalue weighted by atomic mass is 16.5. The summed E-state index contributed by atoms with van der Waals surface area (Å²) < 4.78 is 16.8. The minimum absolute atomic E-state index is 0.0445. The van der Waals surface area contributed by atoms with Gasteiger partial charge in [-0.25, -0.2) is 0 Å². The van der Waals surface area contributed by atoms with E-state index in [1.807, 2.05) is 86.6 Å². The van der Waals surface area contributed by atoms with Crippen LogP contribution in [0.15, 0.2) is 72.8 Å². The largest absolute Gasteiger partial charge is 0.489 e. The van der Waals surface area contributed by atoms with E-state index in [0.717, 1.165) is 22.4 Å². The van der Waals surface area contributed by atoms with E-state index >= 15 is 0 Å². The zero-order chi connectivity index (χ0) is 25.2. The molecule has 182 valence electrons. The van der Waals surface area contributed by atoms with Gasteiger partial charge in [-0.1, -0.05) is 48.5 Å². The van der Waals surface area contributed by atoms with Gasteiger partial charge in [0.25, 0.3) is 0 Å². The first-order valence-corrected chi connectivity index (χ1v) is 11.6. The normalized spacial score (nSPS) is 17.3. The SMILES string of the molecule is COC(=O)C[C@@]1(C)C(=O)N(c2ccc(OCc3ccccc3)cc2C(C)(C)OC)c2ccccc21.